The van der Waals surface area contributed by atoms with Crippen LogP contribution in [0.25, 0.3) is 22.1 Å². The number of ether oxygens (including phenoxy) is 6. The lowest BCUT2D eigenvalue weighted by Gasteiger charge is -2.43. The molecule has 1 fully saturated rings. The summed E-state index contributed by atoms with van der Waals surface area (Å²) in [6.07, 6.45) is -5.45. The van der Waals surface area contributed by atoms with Crippen molar-refractivity contribution < 1.29 is 52.0 Å². The fourth-order valence-corrected chi connectivity index (χ4v) is 4.55. The molecule has 0 aliphatic carbocycles. The summed E-state index contributed by atoms with van der Waals surface area (Å²) in [4.78, 5) is 60.7. The standard InChI is InChI=1S/C29H27ClO12/c1-14(31)36-13-24-26(38-15(2)32)27(39-16(3)33)28(40-17(4)34)29(42-24)41-20-9-10-21-23(11-20)37-12-22(25(21)35)18-5-7-19(30)8-6-18/h5-12,24,26-29H,13H2,1-4H3/t24-,26-,27+,28+,29-/m0/s1. The highest BCUT2D eigenvalue weighted by Crippen LogP contribution is 2.32. The Kier molecular flexibility index (Phi) is 9.48. The largest absolute Gasteiger partial charge is 0.463 e. The second kappa shape index (κ2) is 13.0. The molecule has 1 aliphatic heterocycles. The lowest BCUT2D eigenvalue weighted by Crippen LogP contribution is -2.63. The molecule has 5 atom stereocenters. The molecule has 0 bridgehead atoms. The van der Waals surface area contributed by atoms with E-state index < -0.39 is 61.2 Å². The van der Waals surface area contributed by atoms with E-state index in [2.05, 4.69) is 0 Å². The number of hydrogen-bond donors (Lipinski definition) is 0. The number of benzene rings is 2. The van der Waals surface area contributed by atoms with Crippen LogP contribution in [0.4, 0.5) is 0 Å². The van der Waals surface area contributed by atoms with Crippen molar-refractivity contribution in [1.82, 2.24) is 0 Å². The monoisotopic (exact) mass is 602 g/mol. The molecule has 0 saturated carbocycles. The minimum absolute atomic E-state index is 0.130. The van der Waals surface area contributed by atoms with E-state index in [1.807, 2.05) is 0 Å². The molecule has 0 radical (unpaired) electrons. The molecular weight excluding hydrogens is 576 g/mol. The van der Waals surface area contributed by atoms with Gasteiger partial charge in [-0.25, -0.2) is 0 Å². The SMILES string of the molecule is CC(=O)OC[C@@H]1O[C@H](Oc2ccc3c(=O)c(-c4ccc(Cl)cc4)coc3c2)[C@H](OC(C)=O)[C@H](OC(C)=O)[C@H]1OC(C)=O. The number of fused-ring (bicyclic) bond motifs is 1. The summed E-state index contributed by atoms with van der Waals surface area (Å²) in [6.45, 7) is 4.13. The van der Waals surface area contributed by atoms with E-state index in [4.69, 9.17) is 44.4 Å². The van der Waals surface area contributed by atoms with E-state index in [1.165, 1.54) is 31.4 Å². The molecule has 0 spiro atoms. The fourth-order valence-electron chi connectivity index (χ4n) is 4.43. The molecule has 2 heterocycles. The summed E-state index contributed by atoms with van der Waals surface area (Å²) in [5, 5.41) is 0.782. The van der Waals surface area contributed by atoms with Crippen molar-refractivity contribution in [3.8, 4) is 16.9 Å². The van der Waals surface area contributed by atoms with Crippen LogP contribution in [-0.4, -0.2) is 61.2 Å². The summed E-state index contributed by atoms with van der Waals surface area (Å²) >= 11 is 5.95. The van der Waals surface area contributed by atoms with E-state index in [9.17, 15) is 24.0 Å². The van der Waals surface area contributed by atoms with Crippen molar-refractivity contribution in [2.45, 2.75) is 58.4 Å². The Bertz CT molecular complexity index is 1550. The Morgan fingerprint density at radius 3 is 2.05 bits per heavy atom. The second-order valence-corrected chi connectivity index (χ2v) is 9.77. The predicted octanol–water partition coefficient (Wildman–Crippen LogP) is 3.58. The normalized spacial score (nSPS) is 21.7. The van der Waals surface area contributed by atoms with E-state index in [1.54, 1.807) is 24.3 Å². The van der Waals surface area contributed by atoms with Gasteiger partial charge in [0.15, 0.2) is 17.6 Å². The van der Waals surface area contributed by atoms with Crippen LogP contribution < -0.4 is 10.2 Å². The predicted molar refractivity (Wildman–Crippen MR) is 146 cm³/mol. The quantitative estimate of drug-likeness (QED) is 0.273. The van der Waals surface area contributed by atoms with Crippen LogP contribution in [0.5, 0.6) is 5.75 Å². The maximum Gasteiger partial charge on any atom is 0.303 e. The van der Waals surface area contributed by atoms with E-state index >= 15 is 0 Å². The van der Waals surface area contributed by atoms with Gasteiger partial charge in [-0.15, -0.1) is 0 Å². The van der Waals surface area contributed by atoms with Gasteiger partial charge in [0, 0.05) is 38.8 Å². The zero-order valence-corrected chi connectivity index (χ0v) is 23.7. The minimum Gasteiger partial charge on any atom is -0.463 e. The highest BCUT2D eigenvalue weighted by molar-refractivity contribution is 6.30. The molecule has 3 aromatic rings. The molecule has 2 aromatic carbocycles. The first kappa shape index (κ1) is 30.5. The summed E-state index contributed by atoms with van der Waals surface area (Å²) < 4.78 is 38.9. The van der Waals surface area contributed by atoms with Crippen LogP contribution in [0.1, 0.15) is 27.7 Å². The van der Waals surface area contributed by atoms with Gasteiger partial charge in [0.2, 0.25) is 12.4 Å². The van der Waals surface area contributed by atoms with Crippen LogP contribution in [0.2, 0.25) is 5.02 Å². The molecule has 1 aromatic heterocycles. The minimum atomic E-state index is -1.44. The maximum absolute atomic E-state index is 13.2. The lowest BCUT2D eigenvalue weighted by atomic mass is 9.98. The van der Waals surface area contributed by atoms with Gasteiger partial charge in [-0.3, -0.25) is 24.0 Å². The van der Waals surface area contributed by atoms with Gasteiger partial charge in [0.05, 0.1) is 10.9 Å². The highest BCUT2D eigenvalue weighted by atomic mass is 35.5. The second-order valence-electron chi connectivity index (χ2n) is 9.33. The number of hydrogen-bond acceptors (Lipinski definition) is 12. The Morgan fingerprint density at radius 1 is 0.810 bits per heavy atom. The lowest BCUT2D eigenvalue weighted by molar-refractivity contribution is -0.288. The van der Waals surface area contributed by atoms with Gasteiger partial charge in [-0.2, -0.15) is 0 Å². The number of halogens is 1. The molecule has 12 nitrogen and oxygen atoms in total. The van der Waals surface area contributed by atoms with Crippen LogP contribution in [0.15, 0.2) is 57.9 Å². The zero-order chi connectivity index (χ0) is 30.6. The van der Waals surface area contributed by atoms with Crippen LogP contribution >= 0.6 is 11.6 Å². The number of rotatable bonds is 8. The van der Waals surface area contributed by atoms with Crippen molar-refractivity contribution in [3.63, 3.8) is 0 Å². The molecule has 0 unspecified atom stereocenters. The number of carbonyl (C=O) groups is 4. The maximum atomic E-state index is 13.2. The molecule has 13 heteroatoms. The van der Waals surface area contributed by atoms with Gasteiger partial charge in [0.1, 0.15) is 30.3 Å². The Labute approximate surface area is 244 Å². The van der Waals surface area contributed by atoms with Crippen molar-refractivity contribution in [2.24, 2.45) is 0 Å². The van der Waals surface area contributed by atoms with Crippen molar-refractivity contribution in [2.75, 3.05) is 6.61 Å². The van der Waals surface area contributed by atoms with E-state index in [0.29, 0.717) is 16.1 Å². The Morgan fingerprint density at radius 2 is 1.43 bits per heavy atom. The van der Waals surface area contributed by atoms with Crippen LogP contribution in [0.3, 0.4) is 0 Å². The van der Waals surface area contributed by atoms with Crippen molar-refractivity contribution in [3.05, 3.63) is 64.0 Å². The van der Waals surface area contributed by atoms with Crippen LogP contribution in [0, 0.1) is 0 Å². The average Bonchev–Trinajstić information content (AvgIpc) is 2.91. The first-order chi connectivity index (χ1) is 19.9. The van der Waals surface area contributed by atoms with Crippen molar-refractivity contribution >= 4 is 46.4 Å². The van der Waals surface area contributed by atoms with Crippen molar-refractivity contribution in [1.29, 1.82) is 0 Å². The third-order valence-electron chi connectivity index (χ3n) is 6.10. The summed E-state index contributed by atoms with van der Waals surface area (Å²) in [6, 6.07) is 11.1. The molecule has 42 heavy (non-hydrogen) atoms. The molecule has 1 saturated heterocycles. The van der Waals surface area contributed by atoms with Gasteiger partial charge in [-0.1, -0.05) is 23.7 Å². The van der Waals surface area contributed by atoms with E-state index in [0.717, 1.165) is 20.8 Å². The molecule has 1 aliphatic rings. The molecule has 4 rings (SSSR count). The number of esters is 4. The Hall–Kier alpha value is -4.42. The molecule has 222 valence electrons. The molecule has 0 N–H and O–H groups in total. The topological polar surface area (TPSA) is 154 Å². The van der Waals surface area contributed by atoms with Gasteiger partial charge in [-0.05, 0) is 29.8 Å². The number of carbonyl (C=O) groups excluding carboxylic acids is 4. The van der Waals surface area contributed by atoms with E-state index in [-0.39, 0.29) is 22.1 Å². The van der Waals surface area contributed by atoms with Gasteiger partial charge < -0.3 is 32.8 Å². The average molecular weight is 603 g/mol. The summed E-state index contributed by atoms with van der Waals surface area (Å²) in [7, 11) is 0. The van der Waals surface area contributed by atoms with Gasteiger partial charge in [0.25, 0.3) is 0 Å². The molecular formula is C29H27ClO12. The Balaban J connectivity index is 1.70. The third-order valence-corrected chi connectivity index (χ3v) is 6.35. The molecule has 0 amide bonds. The third kappa shape index (κ3) is 7.25. The van der Waals surface area contributed by atoms with Crippen LogP contribution in [-0.2, 0) is 42.9 Å². The first-order valence-electron chi connectivity index (χ1n) is 12.7. The zero-order valence-electron chi connectivity index (χ0n) is 23.0. The fraction of sp³-hybridized carbons (Fsp3) is 0.345. The summed E-state index contributed by atoms with van der Waals surface area (Å²) in [5.74, 6) is -2.81. The van der Waals surface area contributed by atoms with Gasteiger partial charge >= 0.3 is 23.9 Å². The highest BCUT2D eigenvalue weighted by Gasteiger charge is 2.53. The smallest absolute Gasteiger partial charge is 0.303 e. The summed E-state index contributed by atoms with van der Waals surface area (Å²) in [5.41, 5.74) is 0.832. The first-order valence-corrected chi connectivity index (χ1v) is 13.1.